The average Bonchev–Trinajstić information content (AvgIpc) is 2.29. The molecule has 2 aromatic rings. The predicted octanol–water partition coefficient (Wildman–Crippen LogP) is 2.74. The summed E-state index contributed by atoms with van der Waals surface area (Å²) >= 11 is 7.36. The van der Waals surface area contributed by atoms with Crippen LogP contribution in [0.3, 0.4) is 0 Å². The third-order valence-electron chi connectivity index (χ3n) is 1.91. The molecule has 0 saturated carbocycles. The van der Waals surface area contributed by atoms with Gasteiger partial charge in [-0.15, -0.1) is 0 Å². The van der Waals surface area contributed by atoms with Crippen molar-refractivity contribution in [3.05, 3.63) is 47.2 Å². The van der Waals surface area contributed by atoms with Gasteiger partial charge in [-0.1, -0.05) is 17.7 Å². The third kappa shape index (κ3) is 2.95. The number of hydrogen-bond donors (Lipinski definition) is 1. The van der Waals surface area contributed by atoms with Crippen molar-refractivity contribution in [2.45, 2.75) is 16.6 Å². The monoisotopic (exact) mass is 251 g/mol. The van der Waals surface area contributed by atoms with E-state index in [0.29, 0.717) is 16.7 Å². The van der Waals surface area contributed by atoms with Crippen LogP contribution in [-0.4, -0.2) is 9.97 Å². The summed E-state index contributed by atoms with van der Waals surface area (Å²) in [4.78, 5) is 9.48. The minimum Gasteiger partial charge on any atom is -0.325 e. The smallest absolute Gasteiger partial charge is 0.192 e. The quantitative estimate of drug-likeness (QED) is 0.853. The van der Waals surface area contributed by atoms with Crippen LogP contribution in [0.5, 0.6) is 0 Å². The first kappa shape index (κ1) is 11.4. The number of benzene rings is 1. The molecular weight excluding hydrogens is 242 g/mol. The van der Waals surface area contributed by atoms with Crippen molar-refractivity contribution >= 4 is 23.4 Å². The molecule has 1 aromatic heterocycles. The Morgan fingerprint density at radius 1 is 1.31 bits per heavy atom. The van der Waals surface area contributed by atoms with Crippen molar-refractivity contribution in [1.82, 2.24) is 9.97 Å². The molecule has 0 unspecified atom stereocenters. The highest BCUT2D eigenvalue weighted by Crippen LogP contribution is 2.26. The van der Waals surface area contributed by atoms with Crippen molar-refractivity contribution < 1.29 is 0 Å². The highest BCUT2D eigenvalue weighted by Gasteiger charge is 2.01. The zero-order chi connectivity index (χ0) is 11.4. The molecule has 0 bridgehead atoms. The van der Waals surface area contributed by atoms with E-state index in [4.69, 9.17) is 17.3 Å². The fourth-order valence-corrected chi connectivity index (χ4v) is 2.25. The van der Waals surface area contributed by atoms with Crippen molar-refractivity contribution in [3.8, 4) is 0 Å². The van der Waals surface area contributed by atoms with Gasteiger partial charge < -0.3 is 5.73 Å². The zero-order valence-corrected chi connectivity index (χ0v) is 10.0. The van der Waals surface area contributed by atoms with E-state index < -0.39 is 0 Å². The predicted molar refractivity (Wildman–Crippen MR) is 65.5 cm³/mol. The summed E-state index contributed by atoms with van der Waals surface area (Å²) in [6.07, 6.45) is 1.71. The fourth-order valence-electron chi connectivity index (χ4n) is 1.17. The molecular formula is C11H10ClN3S. The Bertz CT molecular complexity index is 490. The Morgan fingerprint density at radius 2 is 2.19 bits per heavy atom. The lowest BCUT2D eigenvalue weighted by Crippen LogP contribution is -2.00. The topological polar surface area (TPSA) is 51.8 Å². The summed E-state index contributed by atoms with van der Waals surface area (Å²) in [6, 6.07) is 9.39. The SMILES string of the molecule is NCc1ccnc(Sc2cccc(Cl)c2)n1. The minimum absolute atomic E-state index is 0.422. The Labute approximate surface area is 103 Å². The average molecular weight is 252 g/mol. The van der Waals surface area contributed by atoms with Gasteiger partial charge in [-0.2, -0.15) is 0 Å². The van der Waals surface area contributed by atoms with E-state index in [2.05, 4.69) is 9.97 Å². The molecule has 82 valence electrons. The Hall–Kier alpha value is -1.10. The standard InChI is InChI=1S/C11H10ClN3S/c12-8-2-1-3-10(6-8)16-11-14-5-4-9(7-13)15-11/h1-6H,7,13H2. The molecule has 3 nitrogen and oxygen atoms in total. The van der Waals surface area contributed by atoms with Gasteiger partial charge in [-0.25, -0.2) is 9.97 Å². The van der Waals surface area contributed by atoms with Crippen molar-refractivity contribution in [2.24, 2.45) is 5.73 Å². The molecule has 0 amide bonds. The summed E-state index contributed by atoms with van der Waals surface area (Å²) < 4.78 is 0. The van der Waals surface area contributed by atoms with Gasteiger partial charge in [-0.3, -0.25) is 0 Å². The molecule has 0 atom stereocenters. The number of rotatable bonds is 3. The van der Waals surface area contributed by atoms with Gasteiger partial charge in [0.25, 0.3) is 0 Å². The highest BCUT2D eigenvalue weighted by molar-refractivity contribution is 7.99. The van der Waals surface area contributed by atoms with E-state index in [-0.39, 0.29) is 0 Å². The highest BCUT2D eigenvalue weighted by atomic mass is 35.5. The fraction of sp³-hybridized carbons (Fsp3) is 0.0909. The zero-order valence-electron chi connectivity index (χ0n) is 8.43. The maximum absolute atomic E-state index is 5.90. The van der Waals surface area contributed by atoms with E-state index in [1.165, 1.54) is 11.8 Å². The first-order valence-corrected chi connectivity index (χ1v) is 5.93. The molecule has 0 saturated heterocycles. The van der Waals surface area contributed by atoms with Crippen molar-refractivity contribution in [3.63, 3.8) is 0 Å². The molecule has 0 aliphatic rings. The second-order valence-electron chi connectivity index (χ2n) is 3.09. The van der Waals surface area contributed by atoms with Gasteiger partial charge >= 0.3 is 0 Å². The van der Waals surface area contributed by atoms with Crippen molar-refractivity contribution in [2.75, 3.05) is 0 Å². The summed E-state index contributed by atoms with van der Waals surface area (Å²) in [5, 5.41) is 1.39. The van der Waals surface area contributed by atoms with Gasteiger partial charge in [-0.05, 0) is 36.0 Å². The second kappa shape index (κ2) is 5.30. The van der Waals surface area contributed by atoms with Gasteiger partial charge in [0.15, 0.2) is 5.16 Å². The number of aromatic nitrogens is 2. The molecule has 16 heavy (non-hydrogen) atoms. The number of hydrogen-bond acceptors (Lipinski definition) is 4. The molecule has 2 rings (SSSR count). The van der Waals surface area contributed by atoms with Crippen LogP contribution in [0, 0.1) is 0 Å². The summed E-state index contributed by atoms with van der Waals surface area (Å²) in [5.74, 6) is 0. The minimum atomic E-state index is 0.422. The van der Waals surface area contributed by atoms with E-state index >= 15 is 0 Å². The number of nitrogens with zero attached hydrogens (tertiary/aromatic N) is 2. The van der Waals surface area contributed by atoms with E-state index in [1.54, 1.807) is 6.20 Å². The molecule has 5 heteroatoms. The maximum Gasteiger partial charge on any atom is 0.192 e. The van der Waals surface area contributed by atoms with Gasteiger partial charge in [0.2, 0.25) is 0 Å². The normalized spacial score (nSPS) is 10.4. The Kier molecular flexibility index (Phi) is 3.77. The summed E-state index contributed by atoms with van der Waals surface area (Å²) in [5.41, 5.74) is 6.35. The Morgan fingerprint density at radius 3 is 2.94 bits per heavy atom. The lowest BCUT2D eigenvalue weighted by molar-refractivity contribution is 0.874. The molecule has 0 spiro atoms. The van der Waals surface area contributed by atoms with Gasteiger partial charge in [0, 0.05) is 22.7 Å². The summed E-state index contributed by atoms with van der Waals surface area (Å²) in [7, 11) is 0. The van der Waals surface area contributed by atoms with Gasteiger partial charge in [0.05, 0.1) is 5.69 Å². The van der Waals surface area contributed by atoms with Crippen LogP contribution >= 0.6 is 23.4 Å². The largest absolute Gasteiger partial charge is 0.325 e. The van der Waals surface area contributed by atoms with E-state index in [9.17, 15) is 0 Å². The van der Waals surface area contributed by atoms with Crippen molar-refractivity contribution in [1.29, 1.82) is 0 Å². The maximum atomic E-state index is 5.90. The first-order chi connectivity index (χ1) is 7.78. The lowest BCUT2D eigenvalue weighted by atomic mass is 10.4. The van der Waals surface area contributed by atoms with Crippen LogP contribution in [0.15, 0.2) is 46.6 Å². The summed E-state index contributed by atoms with van der Waals surface area (Å²) in [6.45, 7) is 0.422. The Balaban J connectivity index is 2.20. The molecule has 0 fully saturated rings. The molecule has 1 aromatic carbocycles. The molecule has 0 aliphatic heterocycles. The molecule has 2 N–H and O–H groups in total. The lowest BCUT2D eigenvalue weighted by Gasteiger charge is -2.01. The van der Waals surface area contributed by atoms with E-state index in [0.717, 1.165) is 10.6 Å². The number of halogens is 1. The van der Waals surface area contributed by atoms with Crippen LogP contribution in [-0.2, 0) is 6.54 Å². The molecule has 1 heterocycles. The van der Waals surface area contributed by atoms with Crippen LogP contribution in [0.4, 0.5) is 0 Å². The van der Waals surface area contributed by atoms with Crippen LogP contribution < -0.4 is 5.73 Å². The molecule has 0 radical (unpaired) electrons. The van der Waals surface area contributed by atoms with Crippen LogP contribution in [0.1, 0.15) is 5.69 Å². The third-order valence-corrected chi connectivity index (χ3v) is 3.01. The van der Waals surface area contributed by atoms with Gasteiger partial charge in [0.1, 0.15) is 0 Å². The molecule has 0 aliphatic carbocycles. The first-order valence-electron chi connectivity index (χ1n) is 4.73. The second-order valence-corrected chi connectivity index (χ2v) is 4.57. The van der Waals surface area contributed by atoms with Crippen LogP contribution in [0.2, 0.25) is 5.02 Å². The van der Waals surface area contributed by atoms with E-state index in [1.807, 2.05) is 30.3 Å². The van der Waals surface area contributed by atoms with Crippen LogP contribution in [0.25, 0.3) is 0 Å². The number of nitrogens with two attached hydrogens (primary N) is 1.